The molecule has 7 nitrogen and oxygen atoms in total. The van der Waals surface area contributed by atoms with Gasteiger partial charge in [-0.05, 0) is 59.2 Å². The van der Waals surface area contributed by atoms with Crippen LogP contribution in [0.2, 0.25) is 0 Å². The van der Waals surface area contributed by atoms with Gasteiger partial charge in [-0.3, -0.25) is 14.7 Å². The van der Waals surface area contributed by atoms with Gasteiger partial charge in [-0.25, -0.2) is 0 Å². The first-order valence-corrected chi connectivity index (χ1v) is 9.19. The van der Waals surface area contributed by atoms with E-state index in [1.807, 2.05) is 24.3 Å². The predicted molar refractivity (Wildman–Crippen MR) is 102 cm³/mol. The minimum absolute atomic E-state index is 0.117. The highest BCUT2D eigenvalue weighted by Crippen LogP contribution is 2.16. The molecule has 0 atom stereocenters. The molecule has 2 aromatic rings. The quantitative estimate of drug-likeness (QED) is 0.380. The van der Waals surface area contributed by atoms with E-state index in [1.54, 1.807) is 19.1 Å². The lowest BCUT2D eigenvalue weighted by atomic mass is 9.75. The van der Waals surface area contributed by atoms with Crippen LogP contribution in [0.3, 0.4) is 0 Å². The zero-order valence-corrected chi connectivity index (χ0v) is 15.5. The van der Waals surface area contributed by atoms with Crippen LogP contribution in [-0.2, 0) is 27.4 Å². The fraction of sp³-hybridized carbons (Fsp3) is 0.222. The summed E-state index contributed by atoms with van der Waals surface area (Å²) in [5.74, 6) is -0.946. The standard InChI is InChI=1S/C18H19BN2O5S/c1-11-15(7-4-13-10-26-19(24)17(11)13)18(23)21-8-16(22)25-9-12-2-5-14(27-20)6-3-12/h2-7,24H,8-10,20H2,1H3,(H,21,23). The Morgan fingerprint density at radius 1 is 1.30 bits per heavy atom. The topological polar surface area (TPSA) is 111 Å². The smallest absolute Gasteiger partial charge is 0.460 e. The first kappa shape index (κ1) is 19.4. The number of nitrogens with one attached hydrogen (secondary N) is 1. The van der Waals surface area contributed by atoms with Crippen molar-refractivity contribution in [1.82, 2.24) is 5.32 Å². The number of nitrogens with two attached hydrogens (primary N) is 1. The predicted octanol–water partition coefficient (Wildman–Crippen LogP) is 0.652. The summed E-state index contributed by atoms with van der Waals surface area (Å²) in [4.78, 5) is 25.2. The Morgan fingerprint density at radius 3 is 2.74 bits per heavy atom. The molecule has 1 amide bonds. The second kappa shape index (κ2) is 8.58. The number of ether oxygens (including phenoxy) is 1. The maximum atomic E-state index is 12.4. The van der Waals surface area contributed by atoms with Crippen LogP contribution in [0.25, 0.3) is 0 Å². The van der Waals surface area contributed by atoms with Gasteiger partial charge in [0.25, 0.3) is 5.91 Å². The van der Waals surface area contributed by atoms with Crippen LogP contribution in [-0.4, -0.2) is 30.6 Å². The summed E-state index contributed by atoms with van der Waals surface area (Å²) < 4.78 is 10.3. The van der Waals surface area contributed by atoms with E-state index in [0.717, 1.165) is 28.0 Å². The summed E-state index contributed by atoms with van der Waals surface area (Å²) >= 11 is 1.14. The van der Waals surface area contributed by atoms with Crippen LogP contribution in [0.15, 0.2) is 41.3 Å². The van der Waals surface area contributed by atoms with E-state index in [9.17, 15) is 14.6 Å². The molecule has 27 heavy (non-hydrogen) atoms. The summed E-state index contributed by atoms with van der Waals surface area (Å²) in [5, 5.41) is 17.9. The Labute approximate surface area is 161 Å². The second-order valence-electron chi connectivity index (χ2n) is 6.08. The van der Waals surface area contributed by atoms with Gasteiger partial charge in [0, 0.05) is 10.5 Å². The van der Waals surface area contributed by atoms with Crippen LogP contribution in [0, 0.1) is 6.92 Å². The monoisotopic (exact) mass is 386 g/mol. The molecule has 0 saturated carbocycles. The average molecular weight is 386 g/mol. The van der Waals surface area contributed by atoms with E-state index in [-0.39, 0.29) is 13.2 Å². The van der Waals surface area contributed by atoms with Gasteiger partial charge in [-0.2, -0.15) is 0 Å². The van der Waals surface area contributed by atoms with Crippen molar-refractivity contribution in [2.45, 2.75) is 25.0 Å². The summed E-state index contributed by atoms with van der Waals surface area (Å²) in [6.07, 6.45) is 0. The van der Waals surface area contributed by atoms with Crippen LogP contribution in [0.5, 0.6) is 0 Å². The third-order valence-corrected chi connectivity index (χ3v) is 4.89. The Hall–Kier alpha value is -2.33. The van der Waals surface area contributed by atoms with E-state index < -0.39 is 19.0 Å². The highest BCUT2D eigenvalue weighted by Gasteiger charge is 2.31. The first-order chi connectivity index (χ1) is 13.0. The maximum absolute atomic E-state index is 12.4. The number of carbonyl (C=O) groups is 2. The van der Waals surface area contributed by atoms with E-state index in [4.69, 9.17) is 14.5 Å². The van der Waals surface area contributed by atoms with Crippen LogP contribution in [0.1, 0.15) is 27.0 Å². The first-order valence-electron chi connectivity index (χ1n) is 8.31. The summed E-state index contributed by atoms with van der Waals surface area (Å²) in [6.45, 7) is 1.93. The highest BCUT2D eigenvalue weighted by atomic mass is 32.2. The minimum atomic E-state index is -1.03. The average Bonchev–Trinajstić information content (AvgIpc) is 3.07. The van der Waals surface area contributed by atoms with Crippen molar-refractivity contribution in [3.8, 4) is 0 Å². The van der Waals surface area contributed by atoms with E-state index in [1.165, 1.54) is 0 Å². The molecular formula is C18H19BN2O5S. The van der Waals surface area contributed by atoms with E-state index in [0.29, 0.717) is 23.2 Å². The normalized spacial score (nSPS) is 12.6. The molecule has 1 aliphatic heterocycles. The fourth-order valence-corrected chi connectivity index (χ4v) is 3.17. The third kappa shape index (κ3) is 4.51. The molecule has 0 unspecified atom stereocenters. The second-order valence-corrected chi connectivity index (χ2v) is 6.79. The van der Waals surface area contributed by atoms with Crippen molar-refractivity contribution in [3.63, 3.8) is 0 Å². The van der Waals surface area contributed by atoms with Gasteiger partial charge in [0.05, 0.1) is 6.61 Å². The molecule has 0 radical (unpaired) electrons. The number of amides is 1. The SMILES string of the molecule is Cc1c(C(=O)NCC(=O)OCc2ccc(SN)cc2)ccc2c1B(O)OC2. The molecule has 2 aromatic carbocycles. The van der Waals surface area contributed by atoms with Crippen LogP contribution < -0.4 is 15.9 Å². The van der Waals surface area contributed by atoms with Crippen molar-refractivity contribution in [2.75, 3.05) is 6.54 Å². The van der Waals surface area contributed by atoms with Crippen LogP contribution >= 0.6 is 11.9 Å². The Bertz CT molecular complexity index is 860. The van der Waals surface area contributed by atoms with E-state index in [2.05, 4.69) is 5.32 Å². The maximum Gasteiger partial charge on any atom is 0.492 e. The van der Waals surface area contributed by atoms with Gasteiger partial charge in [0.2, 0.25) is 0 Å². The van der Waals surface area contributed by atoms with Crippen molar-refractivity contribution in [3.05, 3.63) is 58.7 Å². The largest absolute Gasteiger partial charge is 0.492 e. The third-order valence-electron chi connectivity index (χ3n) is 4.35. The van der Waals surface area contributed by atoms with Gasteiger partial charge >= 0.3 is 13.1 Å². The van der Waals surface area contributed by atoms with Gasteiger partial charge in [0.15, 0.2) is 0 Å². The van der Waals surface area contributed by atoms with Gasteiger partial charge < -0.3 is 19.7 Å². The molecule has 4 N–H and O–H groups in total. The molecule has 0 aromatic heterocycles. The minimum Gasteiger partial charge on any atom is -0.460 e. The molecule has 0 fully saturated rings. The molecule has 9 heteroatoms. The van der Waals surface area contributed by atoms with Crippen molar-refractivity contribution >= 4 is 36.4 Å². The number of hydrogen-bond donors (Lipinski definition) is 3. The molecule has 3 rings (SSSR count). The number of rotatable bonds is 6. The summed E-state index contributed by atoms with van der Waals surface area (Å²) in [6, 6.07) is 10.7. The summed E-state index contributed by atoms with van der Waals surface area (Å²) in [5.41, 5.74) is 3.33. The molecular weight excluding hydrogens is 367 g/mol. The van der Waals surface area contributed by atoms with Crippen molar-refractivity contribution < 1.29 is 24.0 Å². The number of fused-ring (bicyclic) bond motifs is 1. The Morgan fingerprint density at radius 2 is 2.04 bits per heavy atom. The molecule has 1 aliphatic rings. The zero-order chi connectivity index (χ0) is 19.4. The molecule has 0 saturated heterocycles. The Balaban J connectivity index is 1.53. The number of hydrogen-bond acceptors (Lipinski definition) is 7. The number of esters is 1. The lowest BCUT2D eigenvalue weighted by Gasteiger charge is -2.11. The fourth-order valence-electron chi connectivity index (χ4n) is 2.88. The lowest BCUT2D eigenvalue weighted by molar-refractivity contribution is -0.143. The van der Waals surface area contributed by atoms with Gasteiger partial charge in [-0.15, -0.1) is 0 Å². The molecule has 140 valence electrons. The number of carbonyl (C=O) groups excluding carboxylic acids is 2. The summed E-state index contributed by atoms with van der Waals surface area (Å²) in [7, 11) is -1.03. The van der Waals surface area contributed by atoms with Crippen molar-refractivity contribution in [2.24, 2.45) is 5.14 Å². The van der Waals surface area contributed by atoms with Gasteiger partial charge in [0.1, 0.15) is 13.2 Å². The van der Waals surface area contributed by atoms with E-state index >= 15 is 0 Å². The molecule has 0 aliphatic carbocycles. The van der Waals surface area contributed by atoms with Crippen molar-refractivity contribution in [1.29, 1.82) is 0 Å². The lowest BCUT2D eigenvalue weighted by Crippen LogP contribution is -2.35. The molecule has 1 heterocycles. The Kier molecular flexibility index (Phi) is 6.17. The molecule has 0 spiro atoms. The highest BCUT2D eigenvalue weighted by molar-refractivity contribution is 7.97. The van der Waals surface area contributed by atoms with Gasteiger partial charge in [-0.1, -0.05) is 18.2 Å². The number of benzene rings is 2. The van der Waals surface area contributed by atoms with Crippen LogP contribution in [0.4, 0.5) is 0 Å². The molecule has 0 bridgehead atoms. The zero-order valence-electron chi connectivity index (χ0n) is 14.7.